The van der Waals surface area contributed by atoms with E-state index in [4.69, 9.17) is 20.9 Å². The smallest absolute Gasteiger partial charge is 0.405 e. The van der Waals surface area contributed by atoms with E-state index in [0.29, 0.717) is 6.42 Å². The average Bonchev–Trinajstić information content (AvgIpc) is 2.85. The number of Topliss-reactive ketones (excluding diaryl/α,β-unsaturated/α-hetero) is 2. The minimum atomic E-state index is -0.763. The van der Waals surface area contributed by atoms with Crippen LogP contribution in [0.2, 0.25) is 0 Å². The van der Waals surface area contributed by atoms with Gasteiger partial charge in [0.2, 0.25) is 11.6 Å². The number of rotatable bonds is 7. The maximum atomic E-state index is 11.6. The monoisotopic (exact) mass is 412 g/mol. The summed E-state index contributed by atoms with van der Waals surface area (Å²) in [7, 11) is 0. The minimum absolute atomic E-state index is 0.00926. The Bertz CT molecular complexity index is 658. The Kier molecular flexibility index (Phi) is 7.85. The molecule has 0 saturated heterocycles. The van der Waals surface area contributed by atoms with Gasteiger partial charge in [-0.2, -0.15) is 0 Å². The molecule has 0 aromatic heterocycles. The van der Waals surface area contributed by atoms with Gasteiger partial charge >= 0.3 is 12.2 Å². The van der Waals surface area contributed by atoms with Gasteiger partial charge in [-0.15, -0.1) is 0 Å². The summed E-state index contributed by atoms with van der Waals surface area (Å²) < 4.78 is 9.72. The zero-order valence-electron chi connectivity index (χ0n) is 18.5. The van der Waals surface area contributed by atoms with Crippen LogP contribution in [-0.4, -0.2) is 35.5 Å². The van der Waals surface area contributed by atoms with Gasteiger partial charge < -0.3 is 20.9 Å². The first-order valence-corrected chi connectivity index (χ1v) is 10.2. The summed E-state index contributed by atoms with van der Waals surface area (Å²) >= 11 is 0. The first-order valence-electron chi connectivity index (χ1n) is 10.2. The molecule has 0 radical (unpaired) electrons. The Labute approximate surface area is 173 Å². The third-order valence-electron chi connectivity index (χ3n) is 6.60. The van der Waals surface area contributed by atoms with Crippen molar-refractivity contribution in [3.8, 4) is 0 Å². The van der Waals surface area contributed by atoms with E-state index in [9.17, 15) is 19.2 Å². The predicted molar refractivity (Wildman–Crippen MR) is 108 cm³/mol. The molecule has 2 saturated carbocycles. The van der Waals surface area contributed by atoms with Crippen molar-refractivity contribution in [2.75, 3.05) is 0 Å². The zero-order chi connectivity index (χ0) is 22.6. The van der Waals surface area contributed by atoms with Crippen LogP contribution >= 0.6 is 0 Å². The fourth-order valence-electron chi connectivity index (χ4n) is 4.36. The summed E-state index contributed by atoms with van der Waals surface area (Å²) in [6.07, 6.45) is 3.26. The van der Waals surface area contributed by atoms with E-state index in [0.717, 1.165) is 32.1 Å². The second-order valence-electron chi connectivity index (χ2n) is 9.51. The highest BCUT2D eigenvalue weighted by Crippen LogP contribution is 2.61. The molecule has 3 unspecified atom stereocenters. The molecule has 0 spiro atoms. The number of hydrogen-bond donors (Lipinski definition) is 2. The van der Waals surface area contributed by atoms with Gasteiger partial charge in [-0.05, 0) is 64.7 Å². The Morgan fingerprint density at radius 2 is 1.72 bits per heavy atom. The fraction of sp³-hybridized carbons (Fsp3) is 0.810. The highest BCUT2D eigenvalue weighted by atomic mass is 16.6. The van der Waals surface area contributed by atoms with Crippen LogP contribution in [0.25, 0.3) is 0 Å². The number of amides is 2. The Balaban J connectivity index is 0.000000304. The molecule has 2 aliphatic rings. The van der Waals surface area contributed by atoms with Crippen molar-refractivity contribution < 1.29 is 28.7 Å². The first-order chi connectivity index (χ1) is 13.1. The number of ether oxygens (including phenoxy) is 2. The van der Waals surface area contributed by atoms with Gasteiger partial charge in [0.05, 0.1) is 0 Å². The lowest BCUT2D eigenvalue weighted by Crippen LogP contribution is -2.33. The molecule has 0 aromatic carbocycles. The third kappa shape index (κ3) is 5.93. The van der Waals surface area contributed by atoms with Gasteiger partial charge in [-0.25, -0.2) is 9.59 Å². The van der Waals surface area contributed by atoms with Crippen molar-refractivity contribution in [2.45, 2.75) is 91.8 Å². The van der Waals surface area contributed by atoms with E-state index in [1.807, 2.05) is 20.8 Å². The van der Waals surface area contributed by atoms with Crippen LogP contribution in [0.15, 0.2) is 0 Å². The summed E-state index contributed by atoms with van der Waals surface area (Å²) in [4.78, 5) is 44.1. The van der Waals surface area contributed by atoms with Crippen molar-refractivity contribution in [2.24, 2.45) is 28.2 Å². The van der Waals surface area contributed by atoms with Crippen LogP contribution < -0.4 is 11.5 Å². The lowest BCUT2D eigenvalue weighted by molar-refractivity contribution is -0.141. The van der Waals surface area contributed by atoms with Crippen molar-refractivity contribution in [1.29, 1.82) is 0 Å². The molecule has 2 amide bonds. The number of hydrogen-bond acceptors (Lipinski definition) is 6. The standard InChI is InChI=1S/C11H22N2O4.C10H14O2/c1-8(16-9(12)14)6-4-5-7-11(2,3)17-10(13)15;1-9(2)6-4-5-10(9,3)8(12)7(6)11/h8H,4-7H2,1-3H3,(H2,12,14)(H2,13,15);6H,4-5H2,1-3H3. The second kappa shape index (κ2) is 9.13. The van der Waals surface area contributed by atoms with E-state index in [1.165, 1.54) is 0 Å². The molecule has 0 heterocycles. The highest BCUT2D eigenvalue weighted by Gasteiger charge is 2.66. The molecule has 0 aliphatic heterocycles. The van der Waals surface area contributed by atoms with Crippen molar-refractivity contribution >= 4 is 23.8 Å². The predicted octanol–water partition coefficient (Wildman–Crippen LogP) is 3.49. The molecule has 2 fully saturated rings. The lowest BCUT2D eigenvalue weighted by Gasteiger charge is -2.31. The molecule has 2 bridgehead atoms. The summed E-state index contributed by atoms with van der Waals surface area (Å²) in [6.45, 7) is 11.4. The van der Waals surface area contributed by atoms with Gasteiger partial charge in [-0.3, -0.25) is 9.59 Å². The van der Waals surface area contributed by atoms with Crippen molar-refractivity contribution in [3.05, 3.63) is 0 Å². The van der Waals surface area contributed by atoms with E-state index in [2.05, 4.69) is 0 Å². The largest absolute Gasteiger partial charge is 0.447 e. The maximum absolute atomic E-state index is 11.6. The molecule has 2 rings (SSSR count). The van der Waals surface area contributed by atoms with Crippen LogP contribution in [0, 0.1) is 16.7 Å². The minimum Gasteiger partial charge on any atom is -0.447 e. The Hall–Kier alpha value is -2.12. The van der Waals surface area contributed by atoms with E-state index in [-0.39, 0.29) is 34.4 Å². The number of fused-ring (bicyclic) bond motifs is 2. The molecular weight excluding hydrogens is 376 g/mol. The first kappa shape index (κ1) is 24.9. The van der Waals surface area contributed by atoms with Gasteiger partial charge in [0.25, 0.3) is 0 Å². The number of carbonyl (C=O) groups excluding carboxylic acids is 4. The van der Waals surface area contributed by atoms with Crippen molar-refractivity contribution in [1.82, 2.24) is 0 Å². The summed E-state index contributed by atoms with van der Waals surface area (Å²) in [5.74, 6) is -0.229. The lowest BCUT2D eigenvalue weighted by atomic mass is 9.70. The molecular formula is C21H36N2O6. The van der Waals surface area contributed by atoms with Crippen LogP contribution in [0.3, 0.4) is 0 Å². The summed E-state index contributed by atoms with van der Waals surface area (Å²) in [5, 5.41) is 0. The van der Waals surface area contributed by atoms with E-state index >= 15 is 0 Å². The Morgan fingerprint density at radius 3 is 2.10 bits per heavy atom. The maximum Gasteiger partial charge on any atom is 0.405 e. The normalized spacial score (nSPS) is 25.8. The molecule has 2 aliphatic carbocycles. The van der Waals surface area contributed by atoms with E-state index in [1.54, 1.807) is 20.8 Å². The summed E-state index contributed by atoms with van der Waals surface area (Å²) in [6, 6.07) is 0. The average molecular weight is 413 g/mol. The van der Waals surface area contributed by atoms with Gasteiger partial charge in [-0.1, -0.05) is 20.8 Å². The molecule has 8 nitrogen and oxygen atoms in total. The van der Waals surface area contributed by atoms with Crippen LogP contribution in [0.1, 0.15) is 80.1 Å². The van der Waals surface area contributed by atoms with Crippen LogP contribution in [0.4, 0.5) is 9.59 Å². The molecule has 8 heteroatoms. The SMILES string of the molecule is CC(CCCCC(C)(C)OC(N)=O)OC(N)=O.CC12CCC(C(=O)C1=O)C2(C)C. The fourth-order valence-corrected chi connectivity index (χ4v) is 4.36. The zero-order valence-corrected chi connectivity index (χ0v) is 18.5. The number of nitrogens with two attached hydrogens (primary N) is 2. The second-order valence-corrected chi connectivity index (χ2v) is 9.51. The van der Waals surface area contributed by atoms with Crippen LogP contribution in [0.5, 0.6) is 0 Å². The molecule has 166 valence electrons. The third-order valence-corrected chi connectivity index (χ3v) is 6.60. The number of carbonyl (C=O) groups is 4. The molecule has 29 heavy (non-hydrogen) atoms. The quantitative estimate of drug-likeness (QED) is 0.485. The Morgan fingerprint density at radius 1 is 1.14 bits per heavy atom. The highest BCUT2D eigenvalue weighted by molar-refractivity contribution is 6.43. The van der Waals surface area contributed by atoms with Gasteiger partial charge in [0, 0.05) is 11.3 Å². The van der Waals surface area contributed by atoms with Gasteiger partial charge in [0.15, 0.2) is 0 Å². The summed E-state index contributed by atoms with van der Waals surface area (Å²) in [5.41, 5.74) is 8.84. The number of primary amides is 2. The number of ketones is 2. The van der Waals surface area contributed by atoms with Crippen LogP contribution in [-0.2, 0) is 19.1 Å². The van der Waals surface area contributed by atoms with Crippen molar-refractivity contribution in [3.63, 3.8) is 0 Å². The molecule has 4 N–H and O–H groups in total. The topological polar surface area (TPSA) is 139 Å². The van der Waals surface area contributed by atoms with Gasteiger partial charge in [0.1, 0.15) is 11.7 Å². The molecule has 0 aromatic rings. The number of unbranched alkanes of at least 4 members (excludes halogenated alkanes) is 1. The van der Waals surface area contributed by atoms with E-state index < -0.39 is 17.8 Å². The molecule has 3 atom stereocenters.